The molecule has 0 fully saturated rings. The van der Waals surface area contributed by atoms with Crippen molar-refractivity contribution in [1.29, 1.82) is 0 Å². The van der Waals surface area contributed by atoms with Crippen LogP contribution >= 0.6 is 23.4 Å². The predicted molar refractivity (Wildman–Crippen MR) is 110 cm³/mol. The van der Waals surface area contributed by atoms with Crippen LogP contribution in [0.5, 0.6) is 5.75 Å². The number of aryl methyl sites for hydroxylation is 1. The number of hydrogen-bond acceptors (Lipinski definition) is 4. The highest BCUT2D eigenvalue weighted by molar-refractivity contribution is 8.00. The average molecular weight is 405 g/mol. The molecule has 0 atom stereocenters. The second-order valence-electron chi connectivity index (χ2n) is 6.51. The molecule has 7 heteroatoms. The lowest BCUT2D eigenvalue weighted by Crippen LogP contribution is -2.21. The minimum Gasteiger partial charge on any atom is -0.484 e. The number of carbonyl (C=O) groups is 2. The maximum Gasteiger partial charge on any atom is 0.262 e. The summed E-state index contributed by atoms with van der Waals surface area (Å²) in [6.07, 6.45) is 1.13. The summed E-state index contributed by atoms with van der Waals surface area (Å²) in [5.74, 6) is 0.365. The predicted octanol–water partition coefficient (Wildman–Crippen LogP) is 4.74. The van der Waals surface area contributed by atoms with E-state index in [0.717, 1.165) is 16.1 Å². The summed E-state index contributed by atoms with van der Waals surface area (Å²) >= 11 is 7.72. The molecule has 0 radical (unpaired) electrons. The Bertz CT molecular complexity index is 870. The zero-order valence-corrected chi connectivity index (χ0v) is 16.7. The summed E-state index contributed by atoms with van der Waals surface area (Å²) in [4.78, 5) is 24.7. The summed E-state index contributed by atoms with van der Waals surface area (Å²) < 4.78 is 5.62. The number of halogens is 1. The van der Waals surface area contributed by atoms with Gasteiger partial charge in [-0.15, -0.1) is 11.8 Å². The summed E-state index contributed by atoms with van der Waals surface area (Å²) in [5.41, 5.74) is 2.50. The van der Waals surface area contributed by atoms with E-state index in [0.29, 0.717) is 34.6 Å². The second kappa shape index (κ2) is 8.67. The van der Waals surface area contributed by atoms with Gasteiger partial charge in [0.25, 0.3) is 5.91 Å². The lowest BCUT2D eigenvalue weighted by atomic mass is 10.0. The molecule has 3 rings (SSSR count). The Balaban J connectivity index is 1.62. The number of anilines is 2. The van der Waals surface area contributed by atoms with Crippen LogP contribution in [0.25, 0.3) is 0 Å². The Labute approximate surface area is 167 Å². The molecule has 0 unspecified atom stereocenters. The van der Waals surface area contributed by atoms with Gasteiger partial charge in [-0.25, -0.2) is 0 Å². The van der Waals surface area contributed by atoms with Gasteiger partial charge >= 0.3 is 0 Å². The average Bonchev–Trinajstić information content (AvgIpc) is 2.62. The Hall–Kier alpha value is -2.18. The van der Waals surface area contributed by atoms with Gasteiger partial charge in [0.1, 0.15) is 5.75 Å². The van der Waals surface area contributed by atoms with Crippen LogP contribution in [0.2, 0.25) is 5.02 Å². The molecule has 0 bridgehead atoms. The fraction of sp³-hybridized carbons (Fsp3) is 0.300. The van der Waals surface area contributed by atoms with E-state index >= 15 is 0 Å². The van der Waals surface area contributed by atoms with E-state index in [1.54, 1.807) is 30.0 Å². The Morgan fingerprint density at radius 3 is 2.85 bits per heavy atom. The van der Waals surface area contributed by atoms with Gasteiger partial charge in [0.05, 0.1) is 5.69 Å². The molecule has 27 heavy (non-hydrogen) atoms. The fourth-order valence-electron chi connectivity index (χ4n) is 2.74. The standard InChI is InChI=1S/C20H21ClN2O3S/c1-12(2)27-18-7-4-14(21)10-17(18)23-20(25)11-26-15-5-6-16-13(9-15)3-8-19(24)22-16/h4-7,9-10,12H,3,8,11H2,1-2H3,(H,22,24)(H,23,25). The maximum absolute atomic E-state index is 12.3. The van der Waals surface area contributed by atoms with Gasteiger partial charge in [0.15, 0.2) is 6.61 Å². The van der Waals surface area contributed by atoms with Crippen LogP contribution in [0.4, 0.5) is 11.4 Å². The number of benzene rings is 2. The molecule has 0 aliphatic carbocycles. The van der Waals surface area contributed by atoms with Crippen LogP contribution in [0, 0.1) is 0 Å². The first-order chi connectivity index (χ1) is 12.9. The van der Waals surface area contributed by atoms with E-state index in [9.17, 15) is 9.59 Å². The molecule has 0 spiro atoms. The minimum atomic E-state index is -0.256. The highest BCUT2D eigenvalue weighted by Gasteiger charge is 2.16. The molecule has 0 aromatic heterocycles. The van der Waals surface area contributed by atoms with Crippen LogP contribution in [0.3, 0.4) is 0 Å². The number of rotatable bonds is 6. The fourth-order valence-corrected chi connectivity index (χ4v) is 3.80. The van der Waals surface area contributed by atoms with E-state index in [2.05, 4.69) is 24.5 Å². The van der Waals surface area contributed by atoms with Gasteiger partial charge in [-0.1, -0.05) is 25.4 Å². The summed E-state index contributed by atoms with van der Waals surface area (Å²) in [5, 5.41) is 6.64. The van der Waals surface area contributed by atoms with E-state index < -0.39 is 0 Å². The van der Waals surface area contributed by atoms with Crippen molar-refractivity contribution >= 4 is 46.6 Å². The largest absolute Gasteiger partial charge is 0.484 e. The molecule has 1 heterocycles. The van der Waals surface area contributed by atoms with Gasteiger partial charge < -0.3 is 15.4 Å². The van der Waals surface area contributed by atoms with Crippen molar-refractivity contribution in [2.75, 3.05) is 17.2 Å². The molecule has 2 aromatic rings. The molecule has 2 aromatic carbocycles. The van der Waals surface area contributed by atoms with Crippen LogP contribution in [0.1, 0.15) is 25.8 Å². The molecule has 1 aliphatic rings. The minimum absolute atomic E-state index is 0.0205. The molecule has 142 valence electrons. The SMILES string of the molecule is CC(C)Sc1ccc(Cl)cc1NC(=O)COc1ccc2c(c1)CCC(=O)N2. The van der Waals surface area contributed by atoms with Crippen molar-refractivity contribution in [3.05, 3.63) is 47.0 Å². The number of hydrogen-bond donors (Lipinski definition) is 2. The summed E-state index contributed by atoms with van der Waals surface area (Å²) in [7, 11) is 0. The molecular formula is C20H21ClN2O3S. The number of ether oxygens (including phenoxy) is 1. The molecule has 2 N–H and O–H groups in total. The first-order valence-corrected chi connectivity index (χ1v) is 9.98. The van der Waals surface area contributed by atoms with E-state index in [-0.39, 0.29) is 18.4 Å². The number of nitrogens with one attached hydrogen (secondary N) is 2. The van der Waals surface area contributed by atoms with E-state index in [1.807, 2.05) is 18.2 Å². The zero-order chi connectivity index (χ0) is 19.4. The lowest BCUT2D eigenvalue weighted by Gasteiger charge is -2.18. The zero-order valence-electron chi connectivity index (χ0n) is 15.2. The van der Waals surface area contributed by atoms with Crippen molar-refractivity contribution in [2.24, 2.45) is 0 Å². The highest BCUT2D eigenvalue weighted by Crippen LogP contribution is 2.32. The van der Waals surface area contributed by atoms with Crippen LogP contribution in [-0.4, -0.2) is 23.7 Å². The quantitative estimate of drug-likeness (QED) is 0.682. The van der Waals surface area contributed by atoms with Gasteiger partial charge in [-0.2, -0.15) is 0 Å². The van der Waals surface area contributed by atoms with Gasteiger partial charge in [-0.3, -0.25) is 9.59 Å². The second-order valence-corrected chi connectivity index (χ2v) is 8.57. The number of fused-ring (bicyclic) bond motifs is 1. The van der Waals surface area contributed by atoms with Crippen molar-refractivity contribution in [3.63, 3.8) is 0 Å². The molecule has 1 aliphatic heterocycles. The van der Waals surface area contributed by atoms with Gasteiger partial charge in [-0.05, 0) is 48.4 Å². The third kappa shape index (κ3) is 5.40. The number of thioether (sulfide) groups is 1. The molecule has 0 saturated carbocycles. The molecular weight excluding hydrogens is 384 g/mol. The Kier molecular flexibility index (Phi) is 6.29. The molecule has 2 amide bonds. The first-order valence-electron chi connectivity index (χ1n) is 8.72. The van der Waals surface area contributed by atoms with E-state index in [1.165, 1.54) is 0 Å². The first kappa shape index (κ1) is 19.6. The number of carbonyl (C=O) groups excluding carboxylic acids is 2. The van der Waals surface area contributed by atoms with Crippen molar-refractivity contribution in [2.45, 2.75) is 36.8 Å². The Morgan fingerprint density at radius 2 is 2.07 bits per heavy atom. The maximum atomic E-state index is 12.3. The van der Waals surface area contributed by atoms with Gasteiger partial charge in [0, 0.05) is 27.3 Å². The van der Waals surface area contributed by atoms with Gasteiger partial charge in [0.2, 0.25) is 5.91 Å². The van der Waals surface area contributed by atoms with Crippen LogP contribution < -0.4 is 15.4 Å². The van der Waals surface area contributed by atoms with E-state index in [4.69, 9.17) is 16.3 Å². The lowest BCUT2D eigenvalue weighted by molar-refractivity contribution is -0.118. The smallest absolute Gasteiger partial charge is 0.262 e. The normalized spacial score (nSPS) is 13.1. The third-order valence-corrected chi connectivity index (χ3v) is 5.24. The monoisotopic (exact) mass is 404 g/mol. The summed E-state index contributed by atoms with van der Waals surface area (Å²) in [6.45, 7) is 4.07. The van der Waals surface area contributed by atoms with Crippen LogP contribution in [0.15, 0.2) is 41.3 Å². The summed E-state index contributed by atoms with van der Waals surface area (Å²) in [6, 6.07) is 10.9. The van der Waals surface area contributed by atoms with Crippen molar-refractivity contribution in [1.82, 2.24) is 0 Å². The molecule has 5 nitrogen and oxygen atoms in total. The third-order valence-electron chi connectivity index (χ3n) is 3.92. The Morgan fingerprint density at radius 1 is 1.26 bits per heavy atom. The van der Waals surface area contributed by atoms with Crippen molar-refractivity contribution in [3.8, 4) is 5.75 Å². The topological polar surface area (TPSA) is 67.4 Å². The molecule has 0 saturated heterocycles. The van der Waals surface area contributed by atoms with Crippen LogP contribution in [-0.2, 0) is 16.0 Å². The van der Waals surface area contributed by atoms with Crippen molar-refractivity contribution < 1.29 is 14.3 Å². The highest BCUT2D eigenvalue weighted by atomic mass is 35.5. The number of amides is 2.